The Morgan fingerprint density at radius 2 is 2.17 bits per heavy atom. The van der Waals surface area contributed by atoms with E-state index in [4.69, 9.17) is 16.3 Å². The van der Waals surface area contributed by atoms with Crippen LogP contribution in [0.15, 0.2) is 24.3 Å². The molecule has 0 fully saturated rings. The molecule has 0 saturated heterocycles. The fourth-order valence-corrected chi connectivity index (χ4v) is 3.08. The van der Waals surface area contributed by atoms with Gasteiger partial charge < -0.3 is 4.74 Å². The van der Waals surface area contributed by atoms with Gasteiger partial charge in [0.05, 0.1) is 7.11 Å². The second-order valence-corrected chi connectivity index (χ2v) is 5.65. The van der Waals surface area contributed by atoms with Crippen LogP contribution < -0.4 is 0 Å². The summed E-state index contributed by atoms with van der Waals surface area (Å²) in [6, 6.07) is 7.73. The summed E-state index contributed by atoms with van der Waals surface area (Å²) in [5.41, 5.74) is 1.06. The smallest absolute Gasteiger partial charge is 0.318 e. The Bertz CT molecular complexity index is 382. The molecule has 1 unspecified atom stereocenters. The fraction of sp³-hybridized carbons (Fsp3) is 0.500. The molecule has 0 radical (unpaired) electrons. The topological polar surface area (TPSA) is 26.3 Å². The molecule has 1 aromatic rings. The van der Waals surface area contributed by atoms with E-state index in [1.807, 2.05) is 24.3 Å². The fourth-order valence-electron chi connectivity index (χ4n) is 1.60. The first-order valence-electron chi connectivity index (χ1n) is 6.11. The van der Waals surface area contributed by atoms with Crippen molar-refractivity contribution in [3.63, 3.8) is 0 Å². The number of carbonyl (C=O) groups is 1. The van der Waals surface area contributed by atoms with Gasteiger partial charge in [0.25, 0.3) is 0 Å². The van der Waals surface area contributed by atoms with Crippen molar-refractivity contribution in [3.8, 4) is 0 Å². The van der Waals surface area contributed by atoms with Gasteiger partial charge in [0.15, 0.2) is 0 Å². The normalized spacial score (nSPS) is 12.2. The van der Waals surface area contributed by atoms with Crippen LogP contribution in [0.25, 0.3) is 0 Å². The second kappa shape index (κ2) is 8.44. The number of thioether (sulfide) groups is 1. The Hall–Kier alpha value is -0.670. The molecule has 0 amide bonds. The maximum absolute atomic E-state index is 11.6. The van der Waals surface area contributed by atoms with Crippen molar-refractivity contribution in [2.75, 3.05) is 7.11 Å². The first kappa shape index (κ1) is 15.4. The zero-order valence-corrected chi connectivity index (χ0v) is 12.4. The van der Waals surface area contributed by atoms with E-state index in [2.05, 4.69) is 6.92 Å². The Morgan fingerprint density at radius 1 is 1.44 bits per heavy atom. The van der Waals surface area contributed by atoms with E-state index in [0.717, 1.165) is 35.6 Å². The third-order valence-corrected chi connectivity index (χ3v) is 4.36. The van der Waals surface area contributed by atoms with Crippen molar-refractivity contribution in [1.29, 1.82) is 0 Å². The van der Waals surface area contributed by atoms with Crippen molar-refractivity contribution in [3.05, 3.63) is 34.9 Å². The van der Waals surface area contributed by atoms with Gasteiger partial charge in [0, 0.05) is 10.8 Å². The van der Waals surface area contributed by atoms with E-state index < -0.39 is 0 Å². The predicted molar refractivity (Wildman–Crippen MR) is 78.1 cm³/mol. The van der Waals surface area contributed by atoms with Crippen LogP contribution >= 0.6 is 23.4 Å². The van der Waals surface area contributed by atoms with Gasteiger partial charge in [0.1, 0.15) is 5.25 Å². The van der Waals surface area contributed by atoms with Crippen LogP contribution in [-0.4, -0.2) is 18.3 Å². The third kappa shape index (κ3) is 4.91. The van der Waals surface area contributed by atoms with Crippen molar-refractivity contribution < 1.29 is 9.53 Å². The Balaban J connectivity index is 2.56. The van der Waals surface area contributed by atoms with Crippen molar-refractivity contribution in [2.24, 2.45) is 0 Å². The van der Waals surface area contributed by atoms with Crippen LogP contribution in [0.1, 0.15) is 31.7 Å². The lowest BCUT2D eigenvalue weighted by Gasteiger charge is -2.14. The molecule has 0 aliphatic rings. The Morgan fingerprint density at radius 3 is 2.78 bits per heavy atom. The summed E-state index contributed by atoms with van der Waals surface area (Å²) in [4.78, 5) is 11.6. The average Bonchev–Trinajstić information content (AvgIpc) is 2.40. The monoisotopic (exact) mass is 286 g/mol. The average molecular weight is 287 g/mol. The van der Waals surface area contributed by atoms with Crippen molar-refractivity contribution >= 4 is 29.3 Å². The highest BCUT2D eigenvalue weighted by Gasteiger charge is 2.19. The maximum Gasteiger partial charge on any atom is 0.318 e. The van der Waals surface area contributed by atoms with Crippen molar-refractivity contribution in [2.45, 2.75) is 37.2 Å². The predicted octanol–water partition coefficient (Wildman–Crippen LogP) is 4.31. The summed E-state index contributed by atoms with van der Waals surface area (Å²) in [5.74, 6) is 0.601. The van der Waals surface area contributed by atoms with E-state index in [1.54, 1.807) is 11.8 Å². The van der Waals surface area contributed by atoms with Crippen LogP contribution in [0, 0.1) is 0 Å². The van der Waals surface area contributed by atoms with Gasteiger partial charge in [0.2, 0.25) is 0 Å². The van der Waals surface area contributed by atoms with Gasteiger partial charge in [-0.2, -0.15) is 0 Å². The summed E-state index contributed by atoms with van der Waals surface area (Å²) in [5, 5.41) is 0.662. The molecule has 0 bridgehead atoms. The highest BCUT2D eigenvalue weighted by atomic mass is 35.5. The molecule has 18 heavy (non-hydrogen) atoms. The minimum atomic E-state index is -0.138. The molecular formula is C14H19ClO2S. The molecule has 0 spiro atoms. The van der Waals surface area contributed by atoms with Gasteiger partial charge in [-0.15, -0.1) is 11.8 Å². The summed E-state index contributed by atoms with van der Waals surface area (Å²) in [6.45, 7) is 2.12. The molecule has 0 aliphatic heterocycles. The molecule has 0 aromatic heterocycles. The summed E-state index contributed by atoms with van der Waals surface area (Å²) < 4.78 is 4.84. The molecule has 1 rings (SSSR count). The van der Waals surface area contributed by atoms with Crippen LogP contribution in [0.2, 0.25) is 5.02 Å². The highest BCUT2D eigenvalue weighted by molar-refractivity contribution is 7.99. The largest absolute Gasteiger partial charge is 0.468 e. The lowest BCUT2D eigenvalue weighted by Crippen LogP contribution is -2.19. The SMILES string of the molecule is CCCCC(SCc1ccccc1Cl)C(=O)OC. The maximum atomic E-state index is 11.6. The molecule has 100 valence electrons. The van der Waals surface area contributed by atoms with Crippen LogP contribution in [-0.2, 0) is 15.3 Å². The molecule has 0 aliphatic carbocycles. The number of carbonyl (C=O) groups excluding carboxylic acids is 1. The van der Waals surface area contributed by atoms with Crippen molar-refractivity contribution in [1.82, 2.24) is 0 Å². The first-order valence-corrected chi connectivity index (χ1v) is 7.54. The van der Waals surface area contributed by atoms with E-state index in [1.165, 1.54) is 7.11 Å². The molecule has 1 atom stereocenters. The van der Waals surface area contributed by atoms with Gasteiger partial charge >= 0.3 is 5.97 Å². The number of ether oxygens (including phenoxy) is 1. The number of unbranched alkanes of at least 4 members (excludes halogenated alkanes) is 1. The number of esters is 1. The van der Waals surface area contributed by atoms with E-state index >= 15 is 0 Å². The van der Waals surface area contributed by atoms with Gasteiger partial charge in [-0.3, -0.25) is 4.79 Å². The van der Waals surface area contributed by atoms with Crippen LogP contribution in [0.5, 0.6) is 0 Å². The molecular weight excluding hydrogens is 268 g/mol. The molecule has 4 heteroatoms. The second-order valence-electron chi connectivity index (χ2n) is 4.06. The number of benzene rings is 1. The summed E-state index contributed by atoms with van der Waals surface area (Å²) >= 11 is 7.70. The molecule has 0 saturated carbocycles. The summed E-state index contributed by atoms with van der Waals surface area (Å²) in [6.07, 6.45) is 2.98. The number of hydrogen-bond donors (Lipinski definition) is 0. The Labute approximate surface area is 118 Å². The van der Waals surface area contributed by atoms with Gasteiger partial charge in [-0.25, -0.2) is 0 Å². The Kier molecular flexibility index (Phi) is 7.21. The van der Waals surface area contributed by atoms with E-state index in [-0.39, 0.29) is 11.2 Å². The van der Waals surface area contributed by atoms with E-state index in [0.29, 0.717) is 0 Å². The molecule has 0 heterocycles. The zero-order valence-electron chi connectivity index (χ0n) is 10.8. The quantitative estimate of drug-likeness (QED) is 0.699. The highest BCUT2D eigenvalue weighted by Crippen LogP contribution is 2.26. The number of halogens is 1. The number of hydrogen-bond acceptors (Lipinski definition) is 3. The number of methoxy groups -OCH3 is 1. The lowest BCUT2D eigenvalue weighted by molar-refractivity contribution is -0.140. The minimum Gasteiger partial charge on any atom is -0.468 e. The molecule has 2 nitrogen and oxygen atoms in total. The number of rotatable bonds is 7. The molecule has 1 aromatic carbocycles. The van der Waals surface area contributed by atoms with Gasteiger partial charge in [-0.1, -0.05) is 49.6 Å². The first-order chi connectivity index (χ1) is 8.69. The lowest BCUT2D eigenvalue weighted by atomic mass is 10.2. The van der Waals surface area contributed by atoms with Crippen LogP contribution in [0.4, 0.5) is 0 Å². The van der Waals surface area contributed by atoms with Crippen LogP contribution in [0.3, 0.4) is 0 Å². The van der Waals surface area contributed by atoms with Gasteiger partial charge in [-0.05, 0) is 18.1 Å². The minimum absolute atomic E-state index is 0.0915. The standard InChI is InChI=1S/C14H19ClO2S/c1-3-4-9-13(14(16)17-2)18-10-11-7-5-6-8-12(11)15/h5-8,13H,3-4,9-10H2,1-2H3. The molecule has 0 N–H and O–H groups in total. The summed E-state index contributed by atoms with van der Waals surface area (Å²) in [7, 11) is 1.44. The third-order valence-electron chi connectivity index (χ3n) is 2.68. The van der Waals surface area contributed by atoms with E-state index in [9.17, 15) is 4.79 Å². The zero-order chi connectivity index (χ0) is 13.4.